The molecule has 126 valence electrons. The molecular formula is C17H18F2N4O. The van der Waals surface area contributed by atoms with Crippen LogP contribution in [0.25, 0.3) is 0 Å². The molecule has 2 heterocycles. The van der Waals surface area contributed by atoms with Crippen LogP contribution in [-0.4, -0.2) is 22.1 Å². The van der Waals surface area contributed by atoms with Crippen molar-refractivity contribution in [1.82, 2.24) is 14.9 Å². The highest BCUT2D eigenvalue weighted by molar-refractivity contribution is 5.94. The van der Waals surface area contributed by atoms with Crippen LogP contribution < -0.4 is 10.2 Å². The predicted octanol–water partition coefficient (Wildman–Crippen LogP) is 2.92. The van der Waals surface area contributed by atoms with Crippen LogP contribution in [-0.2, 0) is 13.5 Å². The molecule has 1 saturated carbocycles. The summed E-state index contributed by atoms with van der Waals surface area (Å²) < 4.78 is 29.3. The number of hydrogen-bond acceptors (Lipinski definition) is 2. The predicted molar refractivity (Wildman–Crippen MR) is 84.6 cm³/mol. The Bertz CT molecular complexity index is 800. The van der Waals surface area contributed by atoms with Crippen LogP contribution in [0.15, 0.2) is 24.5 Å². The topological polar surface area (TPSA) is 50.2 Å². The Labute approximate surface area is 138 Å². The van der Waals surface area contributed by atoms with Gasteiger partial charge in [0.25, 0.3) is 0 Å². The van der Waals surface area contributed by atoms with Gasteiger partial charge in [0.2, 0.25) is 0 Å². The monoisotopic (exact) mass is 332 g/mol. The van der Waals surface area contributed by atoms with Crippen LogP contribution in [0.1, 0.15) is 30.3 Å². The molecule has 1 unspecified atom stereocenters. The summed E-state index contributed by atoms with van der Waals surface area (Å²) in [6, 6.07) is 1.57. The molecule has 0 bridgehead atoms. The lowest BCUT2D eigenvalue weighted by molar-refractivity contribution is 0.240. The van der Waals surface area contributed by atoms with E-state index in [4.69, 9.17) is 0 Å². The highest BCUT2D eigenvalue weighted by atomic mass is 19.1. The van der Waals surface area contributed by atoms with Crippen LogP contribution in [0.2, 0.25) is 0 Å². The minimum Gasteiger partial charge on any atom is -0.336 e. The van der Waals surface area contributed by atoms with Gasteiger partial charge in [-0.05, 0) is 31.2 Å². The minimum atomic E-state index is -0.672. The number of amides is 2. The van der Waals surface area contributed by atoms with Gasteiger partial charge in [0.15, 0.2) is 0 Å². The van der Waals surface area contributed by atoms with E-state index in [2.05, 4.69) is 10.3 Å². The van der Waals surface area contributed by atoms with E-state index >= 15 is 0 Å². The Morgan fingerprint density at radius 1 is 1.38 bits per heavy atom. The second kappa shape index (κ2) is 5.58. The molecule has 24 heavy (non-hydrogen) atoms. The maximum atomic E-state index is 13.9. The molecule has 1 aromatic carbocycles. The molecule has 0 saturated heterocycles. The molecular weight excluding hydrogens is 314 g/mol. The zero-order chi connectivity index (χ0) is 16.8. The highest BCUT2D eigenvalue weighted by Crippen LogP contribution is 2.41. The first kappa shape index (κ1) is 15.1. The Kier molecular flexibility index (Phi) is 3.51. The Hall–Kier alpha value is -2.44. The van der Waals surface area contributed by atoms with Gasteiger partial charge in [-0.15, -0.1) is 0 Å². The molecule has 7 heteroatoms. The molecule has 4 rings (SSSR count). The molecule has 2 aromatic rings. The fraction of sp³-hybridized carbons (Fsp3) is 0.412. The third-order valence-electron chi connectivity index (χ3n) is 4.77. The van der Waals surface area contributed by atoms with Gasteiger partial charge in [-0.25, -0.2) is 18.6 Å². The van der Waals surface area contributed by atoms with Gasteiger partial charge in [-0.3, -0.25) is 4.90 Å². The number of imidazole rings is 1. The van der Waals surface area contributed by atoms with Gasteiger partial charge in [0.1, 0.15) is 17.5 Å². The number of fused-ring (bicyclic) bond motifs is 1. The van der Waals surface area contributed by atoms with Crippen LogP contribution in [0.5, 0.6) is 0 Å². The molecule has 1 aliphatic carbocycles. The maximum absolute atomic E-state index is 13.9. The molecule has 0 spiro atoms. The van der Waals surface area contributed by atoms with E-state index in [1.807, 2.05) is 17.8 Å². The number of aryl methyl sites for hydroxylation is 1. The van der Waals surface area contributed by atoms with Crippen molar-refractivity contribution in [2.45, 2.75) is 25.3 Å². The molecule has 5 nitrogen and oxygen atoms in total. The molecule has 2 amide bonds. The number of aromatic nitrogens is 2. The average Bonchev–Trinajstić information content (AvgIpc) is 3.15. The summed E-state index contributed by atoms with van der Waals surface area (Å²) in [5.74, 6) is -0.103. The number of halogens is 2. The number of nitrogens with one attached hydrogen (secondary N) is 1. The Morgan fingerprint density at radius 2 is 2.17 bits per heavy atom. The molecule has 1 aliphatic heterocycles. The van der Waals surface area contributed by atoms with Crippen molar-refractivity contribution >= 4 is 11.7 Å². The van der Waals surface area contributed by atoms with E-state index in [0.29, 0.717) is 30.1 Å². The first-order chi connectivity index (χ1) is 11.5. The first-order valence-corrected chi connectivity index (χ1v) is 8.08. The molecule has 2 aliphatic rings. The standard InChI is InChI=1S/C17H18F2N4O/c1-22-7-5-20-16(22)15(10-2-3-10)21-17(24)23-6-4-12-13(19)8-11(18)9-14(12)23/h5,7-10,15H,2-4,6H2,1H3,(H,21,24). The lowest BCUT2D eigenvalue weighted by Gasteiger charge is -2.23. The smallest absolute Gasteiger partial charge is 0.322 e. The van der Waals surface area contributed by atoms with Crippen LogP contribution in [0.4, 0.5) is 19.3 Å². The van der Waals surface area contributed by atoms with Gasteiger partial charge in [0, 0.05) is 37.6 Å². The van der Waals surface area contributed by atoms with Crippen molar-refractivity contribution in [2.75, 3.05) is 11.4 Å². The average molecular weight is 332 g/mol. The quantitative estimate of drug-likeness (QED) is 0.939. The normalized spacial score (nSPS) is 17.7. The Balaban J connectivity index is 1.58. The van der Waals surface area contributed by atoms with E-state index in [1.54, 1.807) is 6.20 Å². The summed E-state index contributed by atoms with van der Waals surface area (Å²) in [6.07, 6.45) is 6.01. The first-order valence-electron chi connectivity index (χ1n) is 8.08. The second-order valence-electron chi connectivity index (χ2n) is 6.45. The number of hydrogen-bond donors (Lipinski definition) is 1. The third-order valence-corrected chi connectivity index (χ3v) is 4.77. The number of rotatable bonds is 3. The summed E-state index contributed by atoms with van der Waals surface area (Å²) in [5.41, 5.74) is 0.714. The number of carbonyl (C=O) groups excluding carboxylic acids is 1. The zero-order valence-electron chi connectivity index (χ0n) is 13.3. The van der Waals surface area contributed by atoms with Gasteiger partial charge in [-0.2, -0.15) is 0 Å². The molecule has 0 radical (unpaired) electrons. The summed E-state index contributed by atoms with van der Waals surface area (Å²) >= 11 is 0. The summed E-state index contributed by atoms with van der Waals surface area (Å²) in [7, 11) is 1.89. The highest BCUT2D eigenvalue weighted by Gasteiger charge is 2.37. The summed E-state index contributed by atoms with van der Waals surface area (Å²) in [6.45, 7) is 0.347. The van der Waals surface area contributed by atoms with E-state index in [-0.39, 0.29) is 12.1 Å². The van der Waals surface area contributed by atoms with Crippen LogP contribution >= 0.6 is 0 Å². The molecule has 1 fully saturated rings. The van der Waals surface area contributed by atoms with Crippen molar-refractivity contribution in [3.8, 4) is 0 Å². The lowest BCUT2D eigenvalue weighted by Crippen LogP contribution is -2.42. The van der Waals surface area contributed by atoms with E-state index in [0.717, 1.165) is 24.7 Å². The third kappa shape index (κ3) is 2.53. The number of anilines is 1. The van der Waals surface area contributed by atoms with Crippen LogP contribution in [0.3, 0.4) is 0 Å². The van der Waals surface area contributed by atoms with Crippen molar-refractivity contribution in [3.63, 3.8) is 0 Å². The summed E-state index contributed by atoms with van der Waals surface area (Å²) in [5, 5.41) is 3.00. The molecule has 1 atom stereocenters. The van der Waals surface area contributed by atoms with E-state index in [9.17, 15) is 13.6 Å². The fourth-order valence-corrected chi connectivity index (χ4v) is 3.34. The molecule has 1 aromatic heterocycles. The van der Waals surface area contributed by atoms with E-state index < -0.39 is 11.6 Å². The lowest BCUT2D eigenvalue weighted by atomic mass is 10.1. The number of benzene rings is 1. The number of carbonyl (C=O) groups is 1. The van der Waals surface area contributed by atoms with Crippen molar-refractivity contribution in [1.29, 1.82) is 0 Å². The van der Waals surface area contributed by atoms with Gasteiger partial charge in [-0.1, -0.05) is 0 Å². The van der Waals surface area contributed by atoms with Gasteiger partial charge >= 0.3 is 6.03 Å². The van der Waals surface area contributed by atoms with Crippen molar-refractivity contribution in [2.24, 2.45) is 13.0 Å². The largest absolute Gasteiger partial charge is 0.336 e. The Morgan fingerprint density at radius 3 is 2.83 bits per heavy atom. The maximum Gasteiger partial charge on any atom is 0.322 e. The minimum absolute atomic E-state index is 0.181. The number of urea groups is 1. The second-order valence-corrected chi connectivity index (χ2v) is 6.45. The fourth-order valence-electron chi connectivity index (χ4n) is 3.34. The van der Waals surface area contributed by atoms with Crippen molar-refractivity contribution in [3.05, 3.63) is 47.5 Å². The zero-order valence-corrected chi connectivity index (χ0v) is 13.3. The van der Waals surface area contributed by atoms with E-state index in [1.165, 1.54) is 11.0 Å². The van der Waals surface area contributed by atoms with Crippen molar-refractivity contribution < 1.29 is 13.6 Å². The van der Waals surface area contributed by atoms with Gasteiger partial charge in [0.05, 0.1) is 11.7 Å². The molecule has 1 N–H and O–H groups in total. The SMILES string of the molecule is Cn1ccnc1C(NC(=O)N1CCc2c(F)cc(F)cc21)C1CC1. The van der Waals surface area contributed by atoms with Gasteiger partial charge < -0.3 is 9.88 Å². The van der Waals surface area contributed by atoms with Crippen LogP contribution in [0, 0.1) is 17.6 Å². The number of nitrogens with zero attached hydrogens (tertiary/aromatic N) is 3. The summed E-state index contributed by atoms with van der Waals surface area (Å²) in [4.78, 5) is 18.5.